The maximum atomic E-state index is 13.1. The van der Waals surface area contributed by atoms with Crippen LogP contribution in [0.5, 0.6) is 0 Å². The van der Waals surface area contributed by atoms with E-state index in [1.165, 1.54) is 19.3 Å². The summed E-state index contributed by atoms with van der Waals surface area (Å²) in [6.07, 6.45) is 7.56. The predicted octanol–water partition coefficient (Wildman–Crippen LogP) is 3.98. The third-order valence-corrected chi connectivity index (χ3v) is 6.57. The monoisotopic (exact) mass is 312 g/mol. The Morgan fingerprint density at radius 2 is 1.64 bits per heavy atom. The molecule has 4 aliphatic carbocycles. The largest absolute Gasteiger partial charge is 0.332 e. The molecule has 114 valence electrons. The van der Waals surface area contributed by atoms with Gasteiger partial charge in [0.1, 0.15) is 0 Å². The smallest absolute Gasteiger partial charge is 0.262 e. The van der Waals surface area contributed by atoms with Crippen molar-refractivity contribution in [2.75, 3.05) is 0 Å². The number of H-pyrrole nitrogens is 1. The first kappa shape index (κ1) is 13.1. The van der Waals surface area contributed by atoms with Gasteiger partial charge in [0, 0.05) is 0 Å². The Balaban J connectivity index is 1.77. The van der Waals surface area contributed by atoms with Gasteiger partial charge in [-0.15, -0.1) is 0 Å². The standard InChI is InChI=1S/C18H20N2OS/c21-16-14-3-1-2-4-15(14)19-17(22)20(16)18-8-11-5-12(9-18)7-13(6-11)10-18/h1-4,11-13H,5-10H2,(H,19,22). The minimum absolute atomic E-state index is 0.0105. The van der Waals surface area contributed by atoms with Gasteiger partial charge in [-0.1, -0.05) is 12.1 Å². The van der Waals surface area contributed by atoms with E-state index in [-0.39, 0.29) is 11.1 Å². The molecule has 0 saturated heterocycles. The maximum absolute atomic E-state index is 13.1. The molecule has 6 rings (SSSR count). The van der Waals surface area contributed by atoms with E-state index in [1.807, 2.05) is 28.8 Å². The fourth-order valence-electron chi connectivity index (χ4n) is 5.93. The van der Waals surface area contributed by atoms with Crippen molar-refractivity contribution in [3.8, 4) is 0 Å². The van der Waals surface area contributed by atoms with Crippen molar-refractivity contribution in [1.82, 2.24) is 9.55 Å². The molecule has 1 aromatic heterocycles. The number of aromatic nitrogens is 2. The Morgan fingerprint density at radius 1 is 1.05 bits per heavy atom. The highest BCUT2D eigenvalue weighted by Gasteiger charge is 2.52. The van der Waals surface area contributed by atoms with Crippen LogP contribution in [0.4, 0.5) is 0 Å². The van der Waals surface area contributed by atoms with Crippen LogP contribution >= 0.6 is 12.2 Å². The second-order valence-corrected chi connectivity index (χ2v) is 8.14. The summed E-state index contributed by atoms with van der Waals surface area (Å²) in [7, 11) is 0. The number of hydrogen-bond acceptors (Lipinski definition) is 2. The van der Waals surface area contributed by atoms with Gasteiger partial charge in [0.2, 0.25) is 0 Å². The molecule has 22 heavy (non-hydrogen) atoms. The fourth-order valence-corrected chi connectivity index (χ4v) is 6.32. The van der Waals surface area contributed by atoms with Crippen molar-refractivity contribution in [1.29, 1.82) is 0 Å². The number of fused-ring (bicyclic) bond motifs is 1. The summed E-state index contributed by atoms with van der Waals surface area (Å²) in [6.45, 7) is 0. The molecular weight excluding hydrogens is 292 g/mol. The van der Waals surface area contributed by atoms with Crippen LogP contribution in [0.3, 0.4) is 0 Å². The fraction of sp³-hybridized carbons (Fsp3) is 0.556. The molecule has 0 atom stereocenters. The van der Waals surface area contributed by atoms with E-state index in [9.17, 15) is 4.79 Å². The Kier molecular flexibility index (Phi) is 2.56. The average Bonchev–Trinajstić information content (AvgIpc) is 2.45. The van der Waals surface area contributed by atoms with E-state index >= 15 is 0 Å². The van der Waals surface area contributed by atoms with E-state index in [2.05, 4.69) is 4.98 Å². The number of benzene rings is 1. The van der Waals surface area contributed by atoms with Crippen LogP contribution in [0.15, 0.2) is 29.1 Å². The van der Waals surface area contributed by atoms with Crippen LogP contribution in [0, 0.1) is 22.5 Å². The van der Waals surface area contributed by atoms with Crippen LogP contribution in [0.1, 0.15) is 38.5 Å². The van der Waals surface area contributed by atoms with Gasteiger partial charge in [-0.3, -0.25) is 9.36 Å². The minimum Gasteiger partial charge on any atom is -0.332 e. The third kappa shape index (κ3) is 1.67. The summed E-state index contributed by atoms with van der Waals surface area (Å²) in [6, 6.07) is 7.74. The van der Waals surface area contributed by atoms with Crippen LogP contribution in [-0.2, 0) is 5.54 Å². The van der Waals surface area contributed by atoms with Crippen molar-refractivity contribution in [3.63, 3.8) is 0 Å². The highest BCUT2D eigenvalue weighted by atomic mass is 32.1. The molecule has 4 aliphatic rings. The molecule has 4 saturated carbocycles. The average molecular weight is 312 g/mol. The molecule has 1 aromatic carbocycles. The van der Waals surface area contributed by atoms with Gasteiger partial charge in [0.05, 0.1) is 16.4 Å². The van der Waals surface area contributed by atoms with E-state index in [1.54, 1.807) is 0 Å². The van der Waals surface area contributed by atoms with Crippen molar-refractivity contribution in [2.45, 2.75) is 44.1 Å². The third-order valence-electron chi connectivity index (χ3n) is 6.29. The molecule has 3 nitrogen and oxygen atoms in total. The van der Waals surface area contributed by atoms with Gasteiger partial charge in [0.15, 0.2) is 4.77 Å². The summed E-state index contributed by atoms with van der Waals surface area (Å²) in [5, 5.41) is 0.770. The molecule has 0 aliphatic heterocycles. The maximum Gasteiger partial charge on any atom is 0.262 e. The quantitative estimate of drug-likeness (QED) is 0.809. The molecule has 0 radical (unpaired) electrons. The summed E-state index contributed by atoms with van der Waals surface area (Å²) >= 11 is 5.61. The predicted molar refractivity (Wildman–Crippen MR) is 89.5 cm³/mol. The Bertz CT molecular complexity index is 843. The van der Waals surface area contributed by atoms with E-state index in [4.69, 9.17) is 12.2 Å². The second-order valence-electron chi connectivity index (χ2n) is 7.76. The van der Waals surface area contributed by atoms with Crippen molar-refractivity contribution in [3.05, 3.63) is 39.4 Å². The van der Waals surface area contributed by atoms with E-state index in [0.29, 0.717) is 4.77 Å². The van der Waals surface area contributed by atoms with Gasteiger partial charge < -0.3 is 4.98 Å². The molecule has 4 heteroatoms. The molecule has 4 fully saturated rings. The van der Waals surface area contributed by atoms with Crippen LogP contribution in [0.2, 0.25) is 0 Å². The Morgan fingerprint density at radius 3 is 2.27 bits per heavy atom. The second kappa shape index (κ2) is 4.31. The van der Waals surface area contributed by atoms with Gasteiger partial charge in [-0.2, -0.15) is 0 Å². The SMILES string of the molecule is O=c1c2ccccc2[nH]c(=S)n1C12CC3CC(CC(C3)C1)C2. The van der Waals surface area contributed by atoms with Gasteiger partial charge in [-0.25, -0.2) is 0 Å². The number of aromatic amines is 1. The summed E-state index contributed by atoms with van der Waals surface area (Å²) in [5.41, 5.74) is 0.962. The Labute approximate surface area is 134 Å². The lowest BCUT2D eigenvalue weighted by molar-refractivity contribution is -0.0457. The summed E-state index contributed by atoms with van der Waals surface area (Å²) < 4.78 is 2.58. The number of nitrogens with one attached hydrogen (secondary N) is 1. The van der Waals surface area contributed by atoms with Gasteiger partial charge in [-0.05, 0) is 80.6 Å². The molecule has 2 aromatic rings. The molecule has 0 spiro atoms. The van der Waals surface area contributed by atoms with Crippen molar-refractivity contribution < 1.29 is 0 Å². The van der Waals surface area contributed by atoms with Crippen molar-refractivity contribution in [2.24, 2.45) is 17.8 Å². The number of nitrogens with zero attached hydrogens (tertiary/aromatic N) is 1. The van der Waals surface area contributed by atoms with Crippen LogP contribution in [0.25, 0.3) is 10.9 Å². The lowest BCUT2D eigenvalue weighted by Crippen LogP contribution is -2.55. The highest BCUT2D eigenvalue weighted by Crippen LogP contribution is 2.58. The summed E-state index contributed by atoms with van der Waals surface area (Å²) in [4.78, 5) is 16.4. The van der Waals surface area contributed by atoms with E-state index in [0.717, 1.165) is 47.9 Å². The molecule has 4 bridgehead atoms. The zero-order chi connectivity index (χ0) is 14.9. The lowest BCUT2D eigenvalue weighted by atomic mass is 9.53. The molecule has 0 amide bonds. The summed E-state index contributed by atoms with van der Waals surface area (Å²) in [5.74, 6) is 2.41. The molecule has 1 heterocycles. The zero-order valence-corrected chi connectivity index (χ0v) is 13.4. The molecule has 0 unspecified atom stereocenters. The first-order valence-corrected chi connectivity index (χ1v) is 8.80. The first-order chi connectivity index (χ1) is 10.6. The lowest BCUT2D eigenvalue weighted by Gasteiger charge is -2.57. The number of para-hydroxylation sites is 1. The first-order valence-electron chi connectivity index (χ1n) is 8.39. The molecule has 1 N–H and O–H groups in total. The van der Waals surface area contributed by atoms with Crippen LogP contribution in [-0.4, -0.2) is 9.55 Å². The highest BCUT2D eigenvalue weighted by molar-refractivity contribution is 7.71. The Hall–Kier alpha value is -1.42. The molecular formula is C18H20N2OS. The van der Waals surface area contributed by atoms with Gasteiger partial charge >= 0.3 is 0 Å². The normalized spacial score (nSPS) is 36.1. The number of rotatable bonds is 1. The zero-order valence-electron chi connectivity index (χ0n) is 12.5. The van der Waals surface area contributed by atoms with Gasteiger partial charge in [0.25, 0.3) is 5.56 Å². The number of hydrogen-bond donors (Lipinski definition) is 1. The topological polar surface area (TPSA) is 37.8 Å². The van der Waals surface area contributed by atoms with Crippen LogP contribution < -0.4 is 5.56 Å². The van der Waals surface area contributed by atoms with Crippen molar-refractivity contribution >= 4 is 23.1 Å². The minimum atomic E-state index is -0.0105. The van der Waals surface area contributed by atoms with E-state index < -0.39 is 0 Å².